The highest BCUT2D eigenvalue weighted by atomic mass is 16.3. The van der Waals surface area contributed by atoms with Gasteiger partial charge < -0.3 is 15.3 Å². The third-order valence-corrected chi connectivity index (χ3v) is 2.59. The van der Waals surface area contributed by atoms with Gasteiger partial charge >= 0.3 is 0 Å². The largest absolute Gasteiger partial charge is 0.392 e. The summed E-state index contributed by atoms with van der Waals surface area (Å²) in [6.45, 7) is 4.10. The van der Waals surface area contributed by atoms with E-state index >= 15 is 0 Å². The molecule has 1 saturated heterocycles. The second-order valence-corrected chi connectivity index (χ2v) is 4.19. The summed E-state index contributed by atoms with van der Waals surface area (Å²) >= 11 is 0. The minimum atomic E-state index is -0.439. The van der Waals surface area contributed by atoms with Crippen LogP contribution in [0.2, 0.25) is 0 Å². The highest BCUT2D eigenvalue weighted by molar-refractivity contribution is 5.76. The number of carbonyl (C=O) groups excluding carboxylic acids is 1. The third-order valence-electron chi connectivity index (χ3n) is 2.59. The number of amides is 1. The van der Waals surface area contributed by atoms with Crippen LogP contribution in [0.15, 0.2) is 0 Å². The molecule has 82 valence electrons. The van der Waals surface area contributed by atoms with Gasteiger partial charge in [-0.05, 0) is 32.4 Å². The topological polar surface area (TPSA) is 52.6 Å². The van der Waals surface area contributed by atoms with Gasteiger partial charge in [0.05, 0.1) is 6.10 Å². The smallest absolute Gasteiger partial charge is 0.222 e. The monoisotopic (exact) mass is 200 g/mol. The van der Waals surface area contributed by atoms with Gasteiger partial charge in [0.15, 0.2) is 0 Å². The summed E-state index contributed by atoms with van der Waals surface area (Å²) in [6, 6.07) is 0. The van der Waals surface area contributed by atoms with Crippen LogP contribution in [0.25, 0.3) is 0 Å². The lowest BCUT2D eigenvalue weighted by Gasteiger charge is -2.20. The van der Waals surface area contributed by atoms with Crippen LogP contribution in [-0.4, -0.2) is 48.7 Å². The number of nitrogens with zero attached hydrogens (tertiary/aromatic N) is 1. The molecular weight excluding hydrogens is 180 g/mol. The fraction of sp³-hybridized carbons (Fsp3) is 0.900. The first-order chi connectivity index (χ1) is 6.59. The Bertz CT molecular complexity index is 189. The summed E-state index contributed by atoms with van der Waals surface area (Å²) in [6.07, 6.45) is 1.26. The van der Waals surface area contributed by atoms with E-state index < -0.39 is 6.10 Å². The molecule has 1 amide bonds. The molecule has 0 spiro atoms. The van der Waals surface area contributed by atoms with E-state index in [1.807, 2.05) is 0 Å². The maximum atomic E-state index is 11.6. The Morgan fingerprint density at radius 3 is 2.93 bits per heavy atom. The van der Waals surface area contributed by atoms with Gasteiger partial charge in [-0.15, -0.1) is 0 Å². The van der Waals surface area contributed by atoms with Gasteiger partial charge in [-0.25, -0.2) is 0 Å². The van der Waals surface area contributed by atoms with Crippen LogP contribution in [0.4, 0.5) is 0 Å². The second kappa shape index (κ2) is 5.32. The van der Waals surface area contributed by atoms with E-state index in [0.717, 1.165) is 19.5 Å². The van der Waals surface area contributed by atoms with Gasteiger partial charge in [0.25, 0.3) is 0 Å². The van der Waals surface area contributed by atoms with Crippen molar-refractivity contribution in [1.29, 1.82) is 0 Å². The Labute approximate surface area is 85.3 Å². The van der Waals surface area contributed by atoms with Crippen LogP contribution in [-0.2, 0) is 4.79 Å². The molecule has 4 heteroatoms. The maximum absolute atomic E-state index is 11.6. The molecule has 1 aliphatic heterocycles. The van der Waals surface area contributed by atoms with E-state index in [2.05, 4.69) is 5.32 Å². The van der Waals surface area contributed by atoms with Crippen LogP contribution >= 0.6 is 0 Å². The molecule has 0 aromatic carbocycles. The Balaban J connectivity index is 2.25. The summed E-state index contributed by atoms with van der Waals surface area (Å²) in [7, 11) is 1.75. The lowest BCUT2D eigenvalue weighted by molar-refractivity contribution is -0.131. The van der Waals surface area contributed by atoms with Gasteiger partial charge in [-0.2, -0.15) is 0 Å². The molecule has 2 atom stereocenters. The molecule has 1 rings (SSSR count). The van der Waals surface area contributed by atoms with E-state index in [9.17, 15) is 4.79 Å². The summed E-state index contributed by atoms with van der Waals surface area (Å²) in [5.74, 6) is 0.624. The average Bonchev–Trinajstić information content (AvgIpc) is 2.55. The second-order valence-electron chi connectivity index (χ2n) is 4.19. The van der Waals surface area contributed by atoms with Crippen LogP contribution < -0.4 is 5.32 Å². The molecule has 0 bridgehead atoms. The van der Waals surface area contributed by atoms with Crippen molar-refractivity contribution in [2.24, 2.45) is 5.92 Å². The number of likely N-dealkylation sites (N-methyl/N-ethyl adjacent to an activating group) is 1. The molecule has 1 aliphatic rings. The summed E-state index contributed by atoms with van der Waals surface area (Å²) in [4.78, 5) is 13.2. The zero-order valence-electron chi connectivity index (χ0n) is 8.99. The minimum Gasteiger partial charge on any atom is -0.392 e. The zero-order chi connectivity index (χ0) is 10.6. The molecule has 0 aromatic heterocycles. The summed E-state index contributed by atoms with van der Waals surface area (Å²) in [5, 5.41) is 12.4. The Hall–Kier alpha value is -0.610. The van der Waals surface area contributed by atoms with E-state index in [4.69, 9.17) is 5.11 Å². The maximum Gasteiger partial charge on any atom is 0.222 e. The van der Waals surface area contributed by atoms with Crippen molar-refractivity contribution in [2.45, 2.75) is 25.9 Å². The fourth-order valence-corrected chi connectivity index (χ4v) is 1.79. The van der Waals surface area contributed by atoms with Gasteiger partial charge in [0.1, 0.15) is 0 Å². The Morgan fingerprint density at radius 1 is 1.71 bits per heavy atom. The van der Waals surface area contributed by atoms with Crippen LogP contribution in [0.1, 0.15) is 19.8 Å². The fourth-order valence-electron chi connectivity index (χ4n) is 1.79. The molecule has 14 heavy (non-hydrogen) atoms. The Morgan fingerprint density at radius 2 is 2.43 bits per heavy atom. The summed E-state index contributed by atoms with van der Waals surface area (Å²) in [5.41, 5.74) is 0. The zero-order valence-corrected chi connectivity index (χ0v) is 8.99. The number of nitrogens with one attached hydrogen (secondary N) is 1. The van der Waals surface area contributed by atoms with Crippen molar-refractivity contribution in [1.82, 2.24) is 10.2 Å². The molecule has 0 saturated carbocycles. The van der Waals surface area contributed by atoms with E-state index in [-0.39, 0.29) is 5.91 Å². The van der Waals surface area contributed by atoms with Crippen molar-refractivity contribution in [3.63, 3.8) is 0 Å². The summed E-state index contributed by atoms with van der Waals surface area (Å²) < 4.78 is 0. The molecule has 0 aromatic rings. The first-order valence-corrected chi connectivity index (χ1v) is 5.22. The molecule has 2 unspecified atom stereocenters. The highest BCUT2D eigenvalue weighted by Crippen LogP contribution is 2.13. The van der Waals surface area contributed by atoms with Gasteiger partial charge in [-0.1, -0.05) is 0 Å². The molecule has 1 heterocycles. The van der Waals surface area contributed by atoms with Crippen molar-refractivity contribution < 1.29 is 9.90 Å². The predicted molar refractivity (Wildman–Crippen MR) is 54.9 cm³/mol. The molecular formula is C10H20N2O2. The first kappa shape index (κ1) is 11.5. The van der Waals surface area contributed by atoms with E-state index in [1.54, 1.807) is 18.9 Å². The molecule has 1 fully saturated rings. The number of hydrogen-bond acceptors (Lipinski definition) is 3. The van der Waals surface area contributed by atoms with Gasteiger partial charge in [-0.3, -0.25) is 4.79 Å². The average molecular weight is 200 g/mol. The van der Waals surface area contributed by atoms with Gasteiger partial charge in [0.2, 0.25) is 5.91 Å². The lowest BCUT2D eigenvalue weighted by Crippen LogP contribution is -2.34. The van der Waals surface area contributed by atoms with Crippen LogP contribution in [0.5, 0.6) is 0 Å². The van der Waals surface area contributed by atoms with Gasteiger partial charge in [0, 0.05) is 20.0 Å². The van der Waals surface area contributed by atoms with E-state index in [1.165, 1.54) is 0 Å². The van der Waals surface area contributed by atoms with Crippen LogP contribution in [0, 0.1) is 5.92 Å². The quantitative estimate of drug-likeness (QED) is 0.662. The van der Waals surface area contributed by atoms with Crippen molar-refractivity contribution in [3.05, 3.63) is 0 Å². The standard InChI is InChI=1S/C10H20N2O2/c1-8(13)7-12(2)10(14)5-9-3-4-11-6-9/h8-9,11,13H,3-7H2,1-2H3. The normalized spacial score (nSPS) is 23.5. The third kappa shape index (κ3) is 3.64. The molecule has 4 nitrogen and oxygen atoms in total. The SMILES string of the molecule is CC(O)CN(C)C(=O)CC1CCNC1. The first-order valence-electron chi connectivity index (χ1n) is 5.22. The Kier molecular flexibility index (Phi) is 4.35. The number of hydrogen-bond donors (Lipinski definition) is 2. The van der Waals surface area contributed by atoms with Crippen molar-refractivity contribution in [3.8, 4) is 0 Å². The van der Waals surface area contributed by atoms with Crippen molar-refractivity contribution in [2.75, 3.05) is 26.7 Å². The molecule has 0 aliphatic carbocycles. The number of carbonyl (C=O) groups is 1. The van der Waals surface area contributed by atoms with Crippen molar-refractivity contribution >= 4 is 5.91 Å². The molecule has 0 radical (unpaired) electrons. The minimum absolute atomic E-state index is 0.139. The number of aliphatic hydroxyl groups is 1. The van der Waals surface area contributed by atoms with E-state index in [0.29, 0.717) is 18.9 Å². The predicted octanol–water partition coefficient (Wildman–Crippen LogP) is -0.175. The lowest BCUT2D eigenvalue weighted by atomic mass is 10.0. The molecule has 2 N–H and O–H groups in total. The van der Waals surface area contributed by atoms with Crippen LogP contribution in [0.3, 0.4) is 0 Å². The number of rotatable bonds is 4. The highest BCUT2D eigenvalue weighted by Gasteiger charge is 2.20. The number of aliphatic hydroxyl groups excluding tert-OH is 1.